The van der Waals surface area contributed by atoms with Gasteiger partial charge < -0.3 is 19.7 Å². The van der Waals surface area contributed by atoms with Crippen LogP contribution in [0.3, 0.4) is 0 Å². The molecule has 2 aromatic rings. The van der Waals surface area contributed by atoms with E-state index in [1.165, 1.54) is 0 Å². The number of carboxylic acids is 1. The van der Waals surface area contributed by atoms with Gasteiger partial charge in [0.1, 0.15) is 5.82 Å². The van der Waals surface area contributed by atoms with Gasteiger partial charge in [0.2, 0.25) is 5.91 Å². The lowest BCUT2D eigenvalue weighted by Crippen LogP contribution is -2.39. The highest BCUT2D eigenvalue weighted by Crippen LogP contribution is 2.27. The zero-order valence-corrected chi connectivity index (χ0v) is 19.6. The molecule has 0 fully saturated rings. The van der Waals surface area contributed by atoms with Crippen LogP contribution in [0.5, 0.6) is 0 Å². The number of H-pyrrole nitrogens is 1. The number of hydrogen-bond acceptors (Lipinski definition) is 4. The van der Waals surface area contributed by atoms with Crippen molar-refractivity contribution in [2.75, 3.05) is 26.8 Å². The summed E-state index contributed by atoms with van der Waals surface area (Å²) < 4.78 is 5.13. The van der Waals surface area contributed by atoms with Crippen molar-refractivity contribution >= 4 is 46.1 Å². The molecule has 1 atom stereocenters. The molecule has 0 bridgehead atoms. The number of halogens is 2. The number of nitrogens with one attached hydrogen (secondary N) is 1. The Balaban J connectivity index is 2.20. The lowest BCUT2D eigenvalue weighted by Gasteiger charge is -2.27. The van der Waals surface area contributed by atoms with Gasteiger partial charge in [0, 0.05) is 45.6 Å². The number of carbonyl (C=O) groups excluding carboxylic acids is 1. The summed E-state index contributed by atoms with van der Waals surface area (Å²) in [5.74, 6) is -0.822. The van der Waals surface area contributed by atoms with E-state index >= 15 is 0 Å². The van der Waals surface area contributed by atoms with Crippen molar-refractivity contribution in [2.45, 2.75) is 51.9 Å². The van der Waals surface area contributed by atoms with Gasteiger partial charge in [-0.15, -0.1) is 0 Å². The fourth-order valence-corrected chi connectivity index (χ4v) is 3.86. The first kappa shape index (κ1) is 25.4. The predicted molar refractivity (Wildman–Crippen MR) is 123 cm³/mol. The molecule has 0 radical (unpaired) electrons. The molecule has 0 saturated carbocycles. The van der Waals surface area contributed by atoms with E-state index in [-0.39, 0.29) is 18.7 Å². The summed E-state index contributed by atoms with van der Waals surface area (Å²) in [5.41, 5.74) is 1.39. The second-order valence-electron chi connectivity index (χ2n) is 7.68. The van der Waals surface area contributed by atoms with Crippen molar-refractivity contribution in [1.29, 1.82) is 0 Å². The van der Waals surface area contributed by atoms with E-state index in [2.05, 4.69) is 16.9 Å². The van der Waals surface area contributed by atoms with Crippen LogP contribution in [0, 0.1) is 5.92 Å². The zero-order valence-electron chi connectivity index (χ0n) is 18.1. The van der Waals surface area contributed by atoms with Crippen molar-refractivity contribution in [3.8, 4) is 0 Å². The molecule has 0 aliphatic rings. The minimum Gasteiger partial charge on any atom is -0.481 e. The van der Waals surface area contributed by atoms with Gasteiger partial charge >= 0.3 is 5.97 Å². The summed E-state index contributed by atoms with van der Waals surface area (Å²) in [6.45, 7) is 3.94. The van der Waals surface area contributed by atoms with Crippen molar-refractivity contribution in [3.05, 3.63) is 28.0 Å². The van der Waals surface area contributed by atoms with Crippen molar-refractivity contribution < 1.29 is 19.4 Å². The number of fused-ring (bicyclic) bond motifs is 1. The molecule has 1 aromatic heterocycles. The normalized spacial score (nSPS) is 12.3. The Kier molecular flexibility index (Phi) is 10.6. The number of aromatic nitrogens is 2. The molecule has 7 nitrogen and oxygen atoms in total. The van der Waals surface area contributed by atoms with Crippen LogP contribution in [-0.4, -0.2) is 58.7 Å². The third-order valence-corrected chi connectivity index (χ3v) is 5.91. The quantitative estimate of drug-likeness (QED) is 0.380. The van der Waals surface area contributed by atoms with Crippen molar-refractivity contribution in [2.24, 2.45) is 5.92 Å². The zero-order chi connectivity index (χ0) is 22.8. The Morgan fingerprint density at radius 3 is 2.58 bits per heavy atom. The molecule has 1 unspecified atom stereocenters. The number of carbonyl (C=O) groups is 2. The van der Waals surface area contributed by atoms with Crippen LogP contribution >= 0.6 is 23.2 Å². The smallest absolute Gasteiger partial charge is 0.303 e. The second-order valence-corrected chi connectivity index (χ2v) is 8.49. The number of methoxy groups -OCH3 is 1. The van der Waals surface area contributed by atoms with Crippen molar-refractivity contribution in [3.63, 3.8) is 0 Å². The summed E-state index contributed by atoms with van der Waals surface area (Å²) in [6, 6.07) is 3.38. The second kappa shape index (κ2) is 12.9. The Hall–Kier alpha value is -1.83. The summed E-state index contributed by atoms with van der Waals surface area (Å²) in [4.78, 5) is 34.1. The fraction of sp³-hybridized carbons (Fsp3) is 0.591. The molecular formula is C22H31Cl2N3O4. The Bertz CT molecular complexity index is 823. The van der Waals surface area contributed by atoms with E-state index in [1.54, 1.807) is 19.2 Å². The van der Waals surface area contributed by atoms with E-state index in [0.29, 0.717) is 47.5 Å². The van der Waals surface area contributed by atoms with Crippen LogP contribution in [0.4, 0.5) is 0 Å². The maximum absolute atomic E-state index is 13.4. The number of benzene rings is 1. The van der Waals surface area contributed by atoms with Gasteiger partial charge in [-0.25, -0.2) is 4.98 Å². The van der Waals surface area contributed by atoms with Gasteiger partial charge in [-0.3, -0.25) is 9.59 Å². The lowest BCUT2D eigenvalue weighted by atomic mass is 9.96. The number of hydrogen-bond donors (Lipinski definition) is 2. The summed E-state index contributed by atoms with van der Waals surface area (Å²) >= 11 is 12.2. The number of rotatable bonds is 14. The van der Waals surface area contributed by atoms with Gasteiger partial charge in [0.15, 0.2) is 0 Å². The Labute approximate surface area is 193 Å². The number of aliphatic carboxylic acids is 1. The van der Waals surface area contributed by atoms with E-state index in [4.69, 9.17) is 27.9 Å². The SMILES string of the molecule is CCCCCN(CCCOC)C(=O)C(CCC(=O)O)Cc1nc2cc(Cl)c(Cl)cc2[nH]1. The number of unbranched alkanes of at least 4 members (excludes halogenated alkanes) is 2. The lowest BCUT2D eigenvalue weighted by molar-refractivity contribution is -0.139. The van der Waals surface area contributed by atoms with Crippen LogP contribution in [0.2, 0.25) is 10.0 Å². The Morgan fingerprint density at radius 1 is 1.19 bits per heavy atom. The molecule has 172 valence electrons. The van der Waals surface area contributed by atoms with Gasteiger partial charge in [0.25, 0.3) is 0 Å². The molecule has 2 rings (SSSR count). The maximum Gasteiger partial charge on any atom is 0.303 e. The molecule has 31 heavy (non-hydrogen) atoms. The van der Waals surface area contributed by atoms with Gasteiger partial charge in [-0.2, -0.15) is 0 Å². The van der Waals surface area contributed by atoms with Crippen LogP contribution in [0.1, 0.15) is 51.3 Å². The van der Waals surface area contributed by atoms with Crippen LogP contribution < -0.4 is 0 Å². The highest BCUT2D eigenvalue weighted by atomic mass is 35.5. The highest BCUT2D eigenvalue weighted by molar-refractivity contribution is 6.42. The fourth-order valence-electron chi connectivity index (χ4n) is 3.54. The first-order chi connectivity index (χ1) is 14.8. The van der Waals surface area contributed by atoms with E-state index < -0.39 is 11.9 Å². The molecule has 1 amide bonds. The van der Waals surface area contributed by atoms with Gasteiger partial charge in [-0.05, 0) is 31.4 Å². The average molecular weight is 472 g/mol. The molecule has 2 N–H and O–H groups in total. The average Bonchev–Trinajstić information content (AvgIpc) is 3.10. The molecule has 0 aliphatic heterocycles. The number of nitrogens with zero attached hydrogens (tertiary/aromatic N) is 2. The molecule has 0 spiro atoms. The number of carboxylic acid groups (broad SMARTS) is 1. The largest absolute Gasteiger partial charge is 0.481 e. The van der Waals surface area contributed by atoms with Crippen LogP contribution in [-0.2, 0) is 20.7 Å². The number of amides is 1. The molecular weight excluding hydrogens is 441 g/mol. The van der Waals surface area contributed by atoms with Gasteiger partial charge in [0.05, 0.1) is 21.1 Å². The summed E-state index contributed by atoms with van der Waals surface area (Å²) in [6.07, 6.45) is 4.26. The minimum atomic E-state index is -0.919. The maximum atomic E-state index is 13.4. The predicted octanol–water partition coefficient (Wildman–Crippen LogP) is 4.95. The Morgan fingerprint density at radius 2 is 1.90 bits per heavy atom. The van der Waals surface area contributed by atoms with Gasteiger partial charge in [-0.1, -0.05) is 43.0 Å². The first-order valence-electron chi connectivity index (χ1n) is 10.7. The third kappa shape index (κ3) is 7.98. The third-order valence-electron chi connectivity index (χ3n) is 5.19. The number of aromatic amines is 1. The minimum absolute atomic E-state index is 0.0371. The number of imidazole rings is 1. The van der Waals surface area contributed by atoms with Crippen LogP contribution in [0.25, 0.3) is 11.0 Å². The first-order valence-corrected chi connectivity index (χ1v) is 11.4. The highest BCUT2D eigenvalue weighted by Gasteiger charge is 2.26. The topological polar surface area (TPSA) is 95.5 Å². The monoisotopic (exact) mass is 471 g/mol. The molecule has 9 heteroatoms. The number of ether oxygens (including phenoxy) is 1. The van der Waals surface area contributed by atoms with E-state index in [0.717, 1.165) is 31.2 Å². The van der Waals surface area contributed by atoms with E-state index in [9.17, 15) is 14.7 Å². The molecule has 0 saturated heterocycles. The molecule has 1 aromatic carbocycles. The molecule has 1 heterocycles. The van der Waals surface area contributed by atoms with E-state index in [1.807, 2.05) is 4.90 Å². The van der Waals surface area contributed by atoms with Crippen molar-refractivity contribution in [1.82, 2.24) is 14.9 Å². The van der Waals surface area contributed by atoms with Crippen LogP contribution in [0.15, 0.2) is 12.1 Å². The summed E-state index contributed by atoms with van der Waals surface area (Å²) in [7, 11) is 1.64. The standard InChI is InChI=1S/C22H31Cl2N3O4/c1-3-4-5-9-27(10-6-11-31-2)22(30)15(7-8-21(28)29)12-20-25-18-13-16(23)17(24)14-19(18)26-20/h13-15H,3-12H2,1-2H3,(H,25,26)(H,28,29). The summed E-state index contributed by atoms with van der Waals surface area (Å²) in [5, 5.41) is 10.0. The molecule has 0 aliphatic carbocycles.